The van der Waals surface area contributed by atoms with Gasteiger partial charge in [-0.2, -0.15) is 13.2 Å². The first-order valence-corrected chi connectivity index (χ1v) is 13.0. The molecule has 1 aromatic heterocycles. The molecule has 1 unspecified atom stereocenters. The quantitative estimate of drug-likeness (QED) is 0.367. The van der Waals surface area contributed by atoms with Crippen molar-refractivity contribution in [3.05, 3.63) is 18.5 Å². The number of amides is 5. The van der Waals surface area contributed by atoms with Crippen molar-refractivity contribution in [1.29, 1.82) is 0 Å². The van der Waals surface area contributed by atoms with Crippen LogP contribution >= 0.6 is 0 Å². The number of nitrogens with zero attached hydrogens (tertiary/aromatic N) is 2. The number of hydrogen-bond acceptors (Lipinski definition) is 7. The van der Waals surface area contributed by atoms with Gasteiger partial charge in [-0.25, -0.2) is 0 Å². The number of aromatic nitrogens is 1. The Labute approximate surface area is 233 Å². The van der Waals surface area contributed by atoms with Gasteiger partial charge in [-0.3, -0.25) is 29.0 Å². The summed E-state index contributed by atoms with van der Waals surface area (Å²) in [5, 5.41) is 6.93. The van der Waals surface area contributed by atoms with E-state index in [9.17, 15) is 37.1 Å². The minimum Gasteiger partial charge on any atom is -0.477 e. The summed E-state index contributed by atoms with van der Waals surface area (Å²) in [6, 6.07) is -2.59. The number of likely N-dealkylation sites (tertiary alicyclic amines) is 1. The maximum Gasteiger partial charge on any atom is 0.471 e. The molecule has 41 heavy (non-hydrogen) atoms. The average Bonchev–Trinajstić information content (AvgIpc) is 3.18. The lowest BCUT2D eigenvalue weighted by atomic mass is 9.85. The number of piperidine rings is 1. The van der Waals surface area contributed by atoms with E-state index in [1.807, 2.05) is 13.8 Å². The molecule has 5 N–H and O–H groups in total. The molecule has 0 bridgehead atoms. The highest BCUT2D eigenvalue weighted by molar-refractivity contribution is 5.99. The number of rotatable bonds is 7. The van der Waals surface area contributed by atoms with E-state index >= 15 is 0 Å². The second-order valence-corrected chi connectivity index (χ2v) is 12.3. The Morgan fingerprint density at radius 1 is 1.22 bits per heavy atom. The Morgan fingerprint density at radius 3 is 2.46 bits per heavy atom. The molecule has 1 aliphatic carbocycles. The summed E-state index contributed by atoms with van der Waals surface area (Å²) in [6.07, 6.45) is -3.91. The number of nitrogens with two attached hydrogens (primary N) is 1. The second-order valence-electron chi connectivity index (χ2n) is 12.3. The van der Waals surface area contributed by atoms with E-state index in [0.717, 1.165) is 4.90 Å². The fraction of sp³-hybridized carbons (Fsp3) is 0.615. The van der Waals surface area contributed by atoms with Crippen LogP contribution in [0.15, 0.2) is 18.5 Å². The zero-order valence-corrected chi connectivity index (χ0v) is 23.2. The molecule has 4 rings (SSSR count). The number of hydrogen-bond donors (Lipinski definition) is 4. The van der Waals surface area contributed by atoms with E-state index in [1.165, 1.54) is 39.2 Å². The van der Waals surface area contributed by atoms with Crippen LogP contribution in [0.1, 0.15) is 41.0 Å². The Balaban J connectivity index is 1.54. The SMILES string of the molecule is CC(C)(C)[C@H](NC(=O)C(F)(F)F)C(=O)N1C[C@H]2[C@@H]([C@H]1C(=O)NC(C[C@@H]1Oc3cnccc3NC1=O)C(N)=O)C2(C)C. The fourth-order valence-corrected chi connectivity index (χ4v) is 5.71. The van der Waals surface area contributed by atoms with Gasteiger partial charge in [0, 0.05) is 19.2 Å². The van der Waals surface area contributed by atoms with Crippen LogP contribution in [0.2, 0.25) is 0 Å². The van der Waals surface area contributed by atoms with Gasteiger partial charge in [0.15, 0.2) is 11.9 Å². The summed E-state index contributed by atoms with van der Waals surface area (Å²) in [7, 11) is 0. The van der Waals surface area contributed by atoms with E-state index in [1.54, 1.807) is 5.32 Å². The number of nitrogens with one attached hydrogen (secondary N) is 3. The molecule has 224 valence electrons. The molecule has 0 aromatic carbocycles. The number of ether oxygens (including phenoxy) is 1. The molecule has 1 aromatic rings. The molecule has 12 nitrogen and oxygen atoms in total. The van der Waals surface area contributed by atoms with Crippen molar-refractivity contribution < 1.29 is 41.9 Å². The third-order valence-electron chi connectivity index (χ3n) is 8.12. The van der Waals surface area contributed by atoms with Crippen LogP contribution in [-0.4, -0.2) is 76.4 Å². The zero-order chi connectivity index (χ0) is 30.7. The van der Waals surface area contributed by atoms with Crippen LogP contribution in [0.4, 0.5) is 18.9 Å². The number of fused-ring (bicyclic) bond motifs is 2. The van der Waals surface area contributed by atoms with Crippen molar-refractivity contribution in [3.8, 4) is 5.75 Å². The lowest BCUT2D eigenvalue weighted by molar-refractivity contribution is -0.176. The summed E-state index contributed by atoms with van der Waals surface area (Å²) < 4.78 is 44.8. The van der Waals surface area contributed by atoms with Crippen molar-refractivity contribution in [2.45, 2.75) is 71.4 Å². The number of anilines is 1. The van der Waals surface area contributed by atoms with Crippen LogP contribution in [0.5, 0.6) is 5.75 Å². The van der Waals surface area contributed by atoms with Gasteiger partial charge in [0.05, 0.1) is 11.9 Å². The average molecular weight is 583 g/mol. The molecule has 3 aliphatic rings. The maximum absolute atomic E-state index is 13.6. The fourth-order valence-electron chi connectivity index (χ4n) is 5.71. The van der Waals surface area contributed by atoms with Gasteiger partial charge in [-0.05, 0) is 28.7 Å². The standard InChI is InChI=1S/C26H33F3N6O6/c1-24(2,3)18(34-23(40)26(27,28)29)22(39)35-10-11-16(25(11,4)5)17(35)21(38)33-13(19(30)36)8-14-20(37)32-12-6-7-31-9-15(12)41-14/h6-7,9,11,13-14,16-18H,8,10H2,1-5H3,(H2,30,36)(H,32,37)(H,33,38)(H,34,40)/t11-,13?,14-,16-,17-,18+/m0/s1. The molecule has 6 atom stereocenters. The number of halogens is 3. The minimum absolute atomic E-state index is 0.0716. The lowest BCUT2D eigenvalue weighted by Gasteiger charge is -2.38. The predicted octanol–water partition coefficient (Wildman–Crippen LogP) is 0.718. The highest BCUT2D eigenvalue weighted by Crippen LogP contribution is 2.65. The molecule has 15 heteroatoms. The van der Waals surface area contributed by atoms with Gasteiger partial charge >= 0.3 is 12.1 Å². The number of pyridine rings is 1. The lowest BCUT2D eigenvalue weighted by Crippen LogP contribution is -2.61. The van der Waals surface area contributed by atoms with Crippen molar-refractivity contribution in [3.63, 3.8) is 0 Å². The highest BCUT2D eigenvalue weighted by atomic mass is 19.4. The molecule has 2 fully saturated rings. The third-order valence-corrected chi connectivity index (χ3v) is 8.12. The van der Waals surface area contributed by atoms with Crippen molar-refractivity contribution in [1.82, 2.24) is 20.5 Å². The number of carbonyl (C=O) groups is 5. The molecule has 1 saturated carbocycles. The van der Waals surface area contributed by atoms with Gasteiger partial charge in [0.2, 0.25) is 17.7 Å². The second kappa shape index (κ2) is 10.2. The molecule has 2 aliphatic heterocycles. The molecule has 0 radical (unpaired) electrons. The Hall–Kier alpha value is -3.91. The number of carbonyl (C=O) groups excluding carboxylic acids is 5. The number of primary amides is 1. The summed E-state index contributed by atoms with van der Waals surface area (Å²) in [6.45, 7) is 8.35. The van der Waals surface area contributed by atoms with E-state index in [4.69, 9.17) is 10.5 Å². The highest BCUT2D eigenvalue weighted by Gasteiger charge is 2.70. The van der Waals surface area contributed by atoms with Crippen LogP contribution in [-0.2, 0) is 24.0 Å². The maximum atomic E-state index is 13.6. The Morgan fingerprint density at radius 2 is 1.88 bits per heavy atom. The van der Waals surface area contributed by atoms with Crippen LogP contribution in [0.3, 0.4) is 0 Å². The Bertz CT molecular complexity index is 1280. The van der Waals surface area contributed by atoms with Gasteiger partial charge in [-0.15, -0.1) is 0 Å². The van der Waals surface area contributed by atoms with Crippen LogP contribution < -0.4 is 26.4 Å². The molecule has 0 spiro atoms. The first kappa shape index (κ1) is 30.1. The largest absolute Gasteiger partial charge is 0.477 e. The van der Waals surface area contributed by atoms with Crippen molar-refractivity contribution in [2.24, 2.45) is 28.4 Å². The minimum atomic E-state index is -5.21. The van der Waals surface area contributed by atoms with Crippen LogP contribution in [0, 0.1) is 22.7 Å². The topological polar surface area (TPSA) is 173 Å². The summed E-state index contributed by atoms with van der Waals surface area (Å²) in [5.74, 6) is -5.64. The molecule has 5 amide bonds. The van der Waals surface area contributed by atoms with E-state index in [-0.39, 0.29) is 36.0 Å². The molecular formula is C26H33F3N6O6. The van der Waals surface area contributed by atoms with E-state index in [2.05, 4.69) is 15.6 Å². The Kier molecular flexibility index (Phi) is 7.46. The third kappa shape index (κ3) is 5.79. The van der Waals surface area contributed by atoms with Gasteiger partial charge in [0.25, 0.3) is 5.91 Å². The zero-order valence-electron chi connectivity index (χ0n) is 23.2. The van der Waals surface area contributed by atoms with Crippen molar-refractivity contribution in [2.75, 3.05) is 11.9 Å². The molecule has 1 saturated heterocycles. The van der Waals surface area contributed by atoms with Crippen LogP contribution in [0.25, 0.3) is 0 Å². The smallest absolute Gasteiger partial charge is 0.471 e. The molecule has 3 heterocycles. The van der Waals surface area contributed by atoms with Crippen molar-refractivity contribution >= 4 is 35.2 Å². The first-order chi connectivity index (χ1) is 18.8. The van der Waals surface area contributed by atoms with E-state index < -0.39 is 65.4 Å². The van der Waals surface area contributed by atoms with E-state index in [0.29, 0.717) is 5.69 Å². The van der Waals surface area contributed by atoms with Gasteiger partial charge < -0.3 is 31.3 Å². The number of alkyl halides is 3. The summed E-state index contributed by atoms with van der Waals surface area (Å²) >= 11 is 0. The van der Waals surface area contributed by atoms with Gasteiger partial charge in [-0.1, -0.05) is 34.6 Å². The predicted molar refractivity (Wildman–Crippen MR) is 137 cm³/mol. The normalized spacial score (nSPS) is 26.0. The first-order valence-electron chi connectivity index (χ1n) is 13.0. The molecular weight excluding hydrogens is 549 g/mol. The monoisotopic (exact) mass is 582 g/mol. The summed E-state index contributed by atoms with van der Waals surface area (Å²) in [5.41, 5.74) is 4.43. The summed E-state index contributed by atoms with van der Waals surface area (Å²) in [4.78, 5) is 69.0. The van der Waals surface area contributed by atoms with Gasteiger partial charge in [0.1, 0.15) is 18.1 Å².